The van der Waals surface area contributed by atoms with Gasteiger partial charge in [0.15, 0.2) is 0 Å². The van der Waals surface area contributed by atoms with Crippen LogP contribution in [0.5, 0.6) is 0 Å². The maximum atomic E-state index is 5.79. The third-order valence-corrected chi connectivity index (χ3v) is 3.42. The first-order valence-corrected chi connectivity index (χ1v) is 7.89. The SMILES string of the molecule is C/C=C/CCNC(CN)CCCCCCCCC. The van der Waals surface area contributed by atoms with Gasteiger partial charge in [-0.05, 0) is 26.3 Å². The average molecular weight is 254 g/mol. The predicted molar refractivity (Wildman–Crippen MR) is 82.9 cm³/mol. The summed E-state index contributed by atoms with van der Waals surface area (Å²) in [6.07, 6.45) is 16.3. The van der Waals surface area contributed by atoms with Crippen molar-refractivity contribution in [3.05, 3.63) is 12.2 Å². The van der Waals surface area contributed by atoms with Gasteiger partial charge in [0.05, 0.1) is 0 Å². The molecule has 18 heavy (non-hydrogen) atoms. The van der Waals surface area contributed by atoms with Crippen molar-refractivity contribution < 1.29 is 0 Å². The molecule has 0 aliphatic heterocycles. The molecule has 0 saturated carbocycles. The molecule has 0 fully saturated rings. The zero-order valence-electron chi connectivity index (χ0n) is 12.6. The minimum atomic E-state index is 0.519. The van der Waals surface area contributed by atoms with Gasteiger partial charge in [-0.2, -0.15) is 0 Å². The fourth-order valence-corrected chi connectivity index (χ4v) is 2.19. The Bertz CT molecular complexity index is 178. The summed E-state index contributed by atoms with van der Waals surface area (Å²) < 4.78 is 0. The van der Waals surface area contributed by atoms with E-state index in [1.165, 1.54) is 51.4 Å². The Balaban J connectivity index is 3.32. The Labute approximate surface area is 114 Å². The molecule has 0 heterocycles. The first-order chi connectivity index (χ1) is 8.85. The van der Waals surface area contributed by atoms with Crippen molar-refractivity contribution in [2.75, 3.05) is 13.1 Å². The van der Waals surface area contributed by atoms with Crippen LogP contribution in [0, 0.1) is 0 Å². The Hall–Kier alpha value is -0.340. The molecule has 0 amide bonds. The molecule has 0 saturated heterocycles. The van der Waals surface area contributed by atoms with E-state index in [9.17, 15) is 0 Å². The van der Waals surface area contributed by atoms with Gasteiger partial charge in [-0.15, -0.1) is 0 Å². The van der Waals surface area contributed by atoms with E-state index >= 15 is 0 Å². The van der Waals surface area contributed by atoms with Crippen molar-refractivity contribution in [2.24, 2.45) is 5.73 Å². The van der Waals surface area contributed by atoms with Crippen molar-refractivity contribution in [1.29, 1.82) is 0 Å². The van der Waals surface area contributed by atoms with E-state index < -0.39 is 0 Å². The standard InChI is InChI=1S/C16H34N2/c1-3-5-7-8-9-10-11-13-16(15-17)18-14-12-6-4-2/h4,6,16,18H,3,5,7-15,17H2,1-2H3/b6-4+. The molecule has 1 unspecified atom stereocenters. The molecule has 3 N–H and O–H groups in total. The molecule has 0 rings (SSSR count). The van der Waals surface area contributed by atoms with E-state index in [0.717, 1.165) is 19.5 Å². The van der Waals surface area contributed by atoms with Crippen LogP contribution in [0.25, 0.3) is 0 Å². The summed E-state index contributed by atoms with van der Waals surface area (Å²) >= 11 is 0. The van der Waals surface area contributed by atoms with E-state index in [1.807, 2.05) is 0 Å². The van der Waals surface area contributed by atoms with Gasteiger partial charge < -0.3 is 11.1 Å². The van der Waals surface area contributed by atoms with Crippen molar-refractivity contribution in [1.82, 2.24) is 5.32 Å². The maximum absolute atomic E-state index is 5.79. The van der Waals surface area contributed by atoms with Gasteiger partial charge >= 0.3 is 0 Å². The quantitative estimate of drug-likeness (QED) is 0.385. The average Bonchev–Trinajstić information content (AvgIpc) is 2.40. The fourth-order valence-electron chi connectivity index (χ4n) is 2.19. The van der Waals surface area contributed by atoms with Crippen LogP contribution in [0.3, 0.4) is 0 Å². The van der Waals surface area contributed by atoms with Crippen LogP contribution < -0.4 is 11.1 Å². The Kier molecular flexibility index (Phi) is 14.4. The van der Waals surface area contributed by atoms with E-state index in [4.69, 9.17) is 5.73 Å². The second-order valence-corrected chi connectivity index (χ2v) is 5.15. The van der Waals surface area contributed by atoms with Crippen molar-refractivity contribution in [3.8, 4) is 0 Å². The van der Waals surface area contributed by atoms with E-state index in [2.05, 4.69) is 31.3 Å². The Morgan fingerprint density at radius 1 is 1.06 bits per heavy atom. The highest BCUT2D eigenvalue weighted by Gasteiger charge is 2.04. The normalized spacial score (nSPS) is 13.3. The summed E-state index contributed by atoms with van der Waals surface area (Å²) in [5, 5.41) is 3.54. The molecule has 2 heteroatoms. The minimum Gasteiger partial charge on any atom is -0.329 e. The number of rotatable bonds is 13. The summed E-state index contributed by atoms with van der Waals surface area (Å²) in [5.74, 6) is 0. The predicted octanol–water partition coefficient (Wildman–Crippen LogP) is 4.01. The zero-order chi connectivity index (χ0) is 13.5. The van der Waals surface area contributed by atoms with Crippen LogP contribution in [-0.4, -0.2) is 19.1 Å². The molecule has 0 spiro atoms. The summed E-state index contributed by atoms with van der Waals surface area (Å²) in [4.78, 5) is 0. The highest BCUT2D eigenvalue weighted by molar-refractivity contribution is 4.78. The summed E-state index contributed by atoms with van der Waals surface area (Å²) in [7, 11) is 0. The lowest BCUT2D eigenvalue weighted by Crippen LogP contribution is -2.36. The third kappa shape index (κ3) is 12.1. The van der Waals surface area contributed by atoms with Gasteiger partial charge in [-0.3, -0.25) is 0 Å². The molecule has 0 aromatic carbocycles. The lowest BCUT2D eigenvalue weighted by Gasteiger charge is -2.16. The van der Waals surface area contributed by atoms with Crippen LogP contribution in [0.15, 0.2) is 12.2 Å². The topological polar surface area (TPSA) is 38.0 Å². The molecule has 0 radical (unpaired) electrons. The van der Waals surface area contributed by atoms with E-state index in [0.29, 0.717) is 6.04 Å². The van der Waals surface area contributed by atoms with Gasteiger partial charge in [0.2, 0.25) is 0 Å². The maximum Gasteiger partial charge on any atom is 0.0190 e. The fraction of sp³-hybridized carbons (Fsp3) is 0.875. The molecule has 0 bridgehead atoms. The second kappa shape index (κ2) is 14.7. The number of hydrogen-bond donors (Lipinski definition) is 2. The number of hydrogen-bond acceptors (Lipinski definition) is 2. The number of allylic oxidation sites excluding steroid dienone is 1. The van der Waals surface area contributed by atoms with Gasteiger partial charge in [-0.25, -0.2) is 0 Å². The largest absolute Gasteiger partial charge is 0.329 e. The molecule has 0 aliphatic carbocycles. The molecule has 108 valence electrons. The van der Waals surface area contributed by atoms with Crippen molar-refractivity contribution >= 4 is 0 Å². The third-order valence-electron chi connectivity index (χ3n) is 3.42. The molecule has 0 aliphatic rings. The Morgan fingerprint density at radius 2 is 1.72 bits per heavy atom. The van der Waals surface area contributed by atoms with Gasteiger partial charge in [0, 0.05) is 12.6 Å². The first-order valence-electron chi connectivity index (χ1n) is 7.89. The molecular weight excluding hydrogens is 220 g/mol. The molecule has 2 nitrogen and oxygen atoms in total. The monoisotopic (exact) mass is 254 g/mol. The van der Waals surface area contributed by atoms with E-state index in [-0.39, 0.29) is 0 Å². The number of unbranched alkanes of at least 4 members (excludes halogenated alkanes) is 6. The van der Waals surface area contributed by atoms with Gasteiger partial charge in [-0.1, -0.05) is 64.0 Å². The van der Waals surface area contributed by atoms with Crippen LogP contribution in [0.2, 0.25) is 0 Å². The highest BCUT2D eigenvalue weighted by atomic mass is 14.9. The zero-order valence-corrected chi connectivity index (χ0v) is 12.6. The summed E-state index contributed by atoms with van der Waals surface area (Å²) in [6, 6.07) is 0.519. The lowest BCUT2D eigenvalue weighted by atomic mass is 10.0. The molecular formula is C16H34N2. The Morgan fingerprint density at radius 3 is 2.33 bits per heavy atom. The van der Waals surface area contributed by atoms with E-state index in [1.54, 1.807) is 0 Å². The highest BCUT2D eigenvalue weighted by Crippen LogP contribution is 2.09. The van der Waals surface area contributed by atoms with Gasteiger partial charge in [0.25, 0.3) is 0 Å². The minimum absolute atomic E-state index is 0.519. The number of nitrogens with one attached hydrogen (secondary N) is 1. The van der Waals surface area contributed by atoms with Crippen LogP contribution in [-0.2, 0) is 0 Å². The first kappa shape index (κ1) is 17.7. The van der Waals surface area contributed by atoms with Gasteiger partial charge in [0.1, 0.15) is 0 Å². The smallest absolute Gasteiger partial charge is 0.0190 e. The lowest BCUT2D eigenvalue weighted by molar-refractivity contribution is 0.461. The summed E-state index contributed by atoms with van der Waals surface area (Å²) in [6.45, 7) is 6.17. The molecule has 1 atom stereocenters. The second-order valence-electron chi connectivity index (χ2n) is 5.15. The number of nitrogens with two attached hydrogens (primary N) is 1. The van der Waals surface area contributed by atoms with Crippen LogP contribution >= 0.6 is 0 Å². The molecule has 0 aromatic heterocycles. The van der Waals surface area contributed by atoms with Crippen LogP contribution in [0.1, 0.15) is 71.6 Å². The van der Waals surface area contributed by atoms with Crippen molar-refractivity contribution in [2.45, 2.75) is 77.7 Å². The molecule has 0 aromatic rings. The summed E-state index contributed by atoms with van der Waals surface area (Å²) in [5.41, 5.74) is 5.79. The van der Waals surface area contributed by atoms with Crippen LogP contribution in [0.4, 0.5) is 0 Å². The van der Waals surface area contributed by atoms with Crippen molar-refractivity contribution in [3.63, 3.8) is 0 Å².